The lowest BCUT2D eigenvalue weighted by Crippen LogP contribution is -2.28. The smallest absolute Gasteiger partial charge is 0.252 e. The van der Waals surface area contributed by atoms with Crippen LogP contribution in [0.15, 0.2) is 35.6 Å². The van der Waals surface area contributed by atoms with E-state index in [1.807, 2.05) is 35.2 Å². The molecule has 7 nitrogen and oxygen atoms in total. The number of aromatic nitrogens is 4. The number of fused-ring (bicyclic) bond motifs is 1. The number of amides is 1. The first-order chi connectivity index (χ1) is 13.1. The van der Waals surface area contributed by atoms with Crippen LogP contribution in [0.3, 0.4) is 0 Å². The number of halogens is 1. The van der Waals surface area contributed by atoms with Crippen molar-refractivity contribution in [1.82, 2.24) is 25.1 Å². The predicted molar refractivity (Wildman–Crippen MR) is 117 cm³/mol. The summed E-state index contributed by atoms with van der Waals surface area (Å²) < 4.78 is 2.74. The summed E-state index contributed by atoms with van der Waals surface area (Å²) in [6.45, 7) is 3.96. The van der Waals surface area contributed by atoms with Crippen LogP contribution in [-0.4, -0.2) is 45.0 Å². The van der Waals surface area contributed by atoms with E-state index in [2.05, 4.69) is 55.2 Å². The Balaban J connectivity index is 1.73. The lowest BCUT2D eigenvalue weighted by Gasteiger charge is -2.09. The second-order valence-electron chi connectivity index (χ2n) is 5.83. The fourth-order valence-electron chi connectivity index (χ4n) is 2.58. The SMILES string of the molecule is CCCNc1nc(SC)nc2c1cnn2CCNC(=O)c1ccccc1I. The quantitative estimate of drug-likeness (QED) is 0.283. The van der Waals surface area contributed by atoms with Gasteiger partial charge in [-0.3, -0.25) is 4.79 Å². The summed E-state index contributed by atoms with van der Waals surface area (Å²) in [5.41, 5.74) is 1.46. The summed E-state index contributed by atoms with van der Waals surface area (Å²) in [6, 6.07) is 7.53. The van der Waals surface area contributed by atoms with Crippen LogP contribution in [0, 0.1) is 3.57 Å². The number of anilines is 1. The van der Waals surface area contributed by atoms with Crippen LogP contribution >= 0.6 is 34.4 Å². The van der Waals surface area contributed by atoms with E-state index in [0.29, 0.717) is 23.8 Å². The first kappa shape index (κ1) is 19.9. The van der Waals surface area contributed by atoms with Gasteiger partial charge in [-0.2, -0.15) is 5.10 Å². The lowest BCUT2D eigenvalue weighted by atomic mass is 10.2. The number of benzene rings is 1. The zero-order valence-electron chi connectivity index (χ0n) is 15.2. The molecular weight excluding hydrogens is 475 g/mol. The maximum atomic E-state index is 12.3. The number of hydrogen-bond acceptors (Lipinski definition) is 6. The fraction of sp³-hybridized carbons (Fsp3) is 0.333. The number of carbonyl (C=O) groups is 1. The van der Waals surface area contributed by atoms with E-state index in [1.54, 1.807) is 6.20 Å². The summed E-state index contributed by atoms with van der Waals surface area (Å²) in [5, 5.41) is 12.3. The monoisotopic (exact) mass is 496 g/mol. The molecular formula is C18H21IN6OS. The van der Waals surface area contributed by atoms with E-state index < -0.39 is 0 Å². The largest absolute Gasteiger partial charge is 0.369 e. The third-order valence-electron chi connectivity index (χ3n) is 3.93. The van der Waals surface area contributed by atoms with Gasteiger partial charge in [0.05, 0.1) is 23.7 Å². The Morgan fingerprint density at radius 3 is 2.81 bits per heavy atom. The topological polar surface area (TPSA) is 84.7 Å². The zero-order chi connectivity index (χ0) is 19.2. The van der Waals surface area contributed by atoms with Crippen molar-refractivity contribution in [2.75, 3.05) is 24.7 Å². The molecule has 9 heteroatoms. The van der Waals surface area contributed by atoms with Gasteiger partial charge in [0.15, 0.2) is 10.8 Å². The molecule has 0 aliphatic heterocycles. The van der Waals surface area contributed by atoms with Crippen LogP contribution in [0.25, 0.3) is 11.0 Å². The van der Waals surface area contributed by atoms with Crippen molar-refractivity contribution in [2.24, 2.45) is 0 Å². The van der Waals surface area contributed by atoms with E-state index in [1.165, 1.54) is 11.8 Å². The average molecular weight is 496 g/mol. The normalized spacial score (nSPS) is 10.9. The third-order valence-corrected chi connectivity index (χ3v) is 5.42. The van der Waals surface area contributed by atoms with Gasteiger partial charge < -0.3 is 10.6 Å². The molecule has 1 aromatic carbocycles. The second-order valence-corrected chi connectivity index (χ2v) is 7.76. The minimum atomic E-state index is -0.0822. The second kappa shape index (κ2) is 9.36. The van der Waals surface area contributed by atoms with Crippen LogP contribution in [0.1, 0.15) is 23.7 Å². The van der Waals surface area contributed by atoms with Gasteiger partial charge in [-0.15, -0.1) is 0 Å². The third kappa shape index (κ3) is 4.70. The number of carbonyl (C=O) groups excluding carboxylic acids is 1. The Hall–Kier alpha value is -1.88. The van der Waals surface area contributed by atoms with E-state index in [-0.39, 0.29) is 5.91 Å². The zero-order valence-corrected chi connectivity index (χ0v) is 18.2. The van der Waals surface area contributed by atoms with Crippen LogP contribution in [0.4, 0.5) is 5.82 Å². The Morgan fingerprint density at radius 1 is 1.26 bits per heavy atom. The molecule has 2 N–H and O–H groups in total. The van der Waals surface area contributed by atoms with E-state index in [4.69, 9.17) is 0 Å². The van der Waals surface area contributed by atoms with Gasteiger partial charge in [-0.25, -0.2) is 14.6 Å². The molecule has 0 saturated heterocycles. The molecule has 3 aromatic rings. The summed E-state index contributed by atoms with van der Waals surface area (Å²) >= 11 is 3.66. The highest BCUT2D eigenvalue weighted by molar-refractivity contribution is 14.1. The standard InChI is InChI=1S/C18H21IN6OS/c1-3-8-20-15-13-11-22-25(16(13)24-18(23-15)27-2)10-9-21-17(26)12-6-4-5-7-14(12)19/h4-7,11H,3,8-10H2,1-2H3,(H,21,26)(H,20,23,24). The maximum absolute atomic E-state index is 12.3. The Morgan fingerprint density at radius 2 is 2.07 bits per heavy atom. The highest BCUT2D eigenvalue weighted by atomic mass is 127. The highest BCUT2D eigenvalue weighted by Crippen LogP contribution is 2.23. The van der Waals surface area contributed by atoms with Crippen molar-refractivity contribution in [3.05, 3.63) is 39.6 Å². The summed E-state index contributed by atoms with van der Waals surface area (Å²) in [5.74, 6) is 0.724. The molecule has 0 saturated carbocycles. The molecule has 0 unspecified atom stereocenters. The number of thioether (sulfide) groups is 1. The summed E-state index contributed by atoms with van der Waals surface area (Å²) in [6.07, 6.45) is 4.74. The number of nitrogens with one attached hydrogen (secondary N) is 2. The molecule has 0 aliphatic carbocycles. The highest BCUT2D eigenvalue weighted by Gasteiger charge is 2.13. The van der Waals surface area contributed by atoms with E-state index >= 15 is 0 Å². The maximum Gasteiger partial charge on any atom is 0.252 e. The Kier molecular flexibility index (Phi) is 6.89. The molecule has 0 fully saturated rings. The van der Waals surface area contributed by atoms with Crippen molar-refractivity contribution < 1.29 is 4.79 Å². The molecule has 1 amide bonds. The molecule has 0 spiro atoms. The molecule has 27 heavy (non-hydrogen) atoms. The van der Waals surface area contributed by atoms with Gasteiger partial charge in [-0.1, -0.05) is 30.8 Å². The van der Waals surface area contributed by atoms with Crippen molar-refractivity contribution >= 4 is 57.1 Å². The van der Waals surface area contributed by atoms with Crippen LogP contribution < -0.4 is 10.6 Å². The van der Waals surface area contributed by atoms with Gasteiger partial charge in [0, 0.05) is 16.7 Å². The fourth-order valence-corrected chi connectivity index (χ4v) is 3.58. The summed E-state index contributed by atoms with van der Waals surface area (Å²) in [4.78, 5) is 21.5. The van der Waals surface area contributed by atoms with Gasteiger partial charge in [-0.05, 0) is 47.4 Å². The minimum Gasteiger partial charge on any atom is -0.369 e. The van der Waals surface area contributed by atoms with E-state index in [0.717, 1.165) is 33.4 Å². The van der Waals surface area contributed by atoms with Gasteiger partial charge in [0.1, 0.15) is 5.82 Å². The van der Waals surface area contributed by atoms with Crippen molar-refractivity contribution in [3.8, 4) is 0 Å². The molecule has 0 aliphatic rings. The van der Waals surface area contributed by atoms with Gasteiger partial charge in [0.25, 0.3) is 5.91 Å². The van der Waals surface area contributed by atoms with Crippen LogP contribution in [0.2, 0.25) is 0 Å². The van der Waals surface area contributed by atoms with Gasteiger partial charge in [0.2, 0.25) is 0 Å². The first-order valence-corrected chi connectivity index (χ1v) is 11.0. The number of nitrogens with zero attached hydrogens (tertiary/aromatic N) is 4. The molecule has 2 aromatic heterocycles. The minimum absolute atomic E-state index is 0.0822. The van der Waals surface area contributed by atoms with Crippen molar-refractivity contribution in [1.29, 1.82) is 0 Å². The molecule has 142 valence electrons. The molecule has 0 radical (unpaired) electrons. The van der Waals surface area contributed by atoms with E-state index in [9.17, 15) is 4.79 Å². The Labute approximate surface area is 175 Å². The lowest BCUT2D eigenvalue weighted by molar-refractivity contribution is 0.0951. The summed E-state index contributed by atoms with van der Waals surface area (Å²) in [7, 11) is 0. The van der Waals surface area contributed by atoms with Crippen LogP contribution in [0.5, 0.6) is 0 Å². The first-order valence-electron chi connectivity index (χ1n) is 8.68. The van der Waals surface area contributed by atoms with Crippen molar-refractivity contribution in [3.63, 3.8) is 0 Å². The Bertz CT molecular complexity index is 945. The van der Waals surface area contributed by atoms with Crippen molar-refractivity contribution in [2.45, 2.75) is 25.0 Å². The molecule has 2 heterocycles. The average Bonchev–Trinajstić information content (AvgIpc) is 3.09. The number of hydrogen-bond donors (Lipinski definition) is 2. The molecule has 0 atom stereocenters. The predicted octanol–water partition coefficient (Wildman–Crippen LogP) is 3.40. The molecule has 0 bridgehead atoms. The van der Waals surface area contributed by atoms with Crippen LogP contribution in [-0.2, 0) is 6.54 Å². The number of rotatable bonds is 8. The van der Waals surface area contributed by atoms with Gasteiger partial charge >= 0.3 is 0 Å². The molecule has 3 rings (SSSR count).